The summed E-state index contributed by atoms with van der Waals surface area (Å²) in [4.78, 5) is 21.1. The number of hydrogen-bond acceptors (Lipinski definition) is 5. The van der Waals surface area contributed by atoms with Gasteiger partial charge in [-0.15, -0.1) is 0 Å². The molecule has 0 spiro atoms. The van der Waals surface area contributed by atoms with E-state index in [9.17, 15) is 0 Å². The highest BCUT2D eigenvalue weighted by molar-refractivity contribution is 5.68. The lowest BCUT2D eigenvalue weighted by Gasteiger charge is -2.21. The Morgan fingerprint density at radius 1 is 0.686 bits per heavy atom. The quantitative estimate of drug-likeness (QED) is 0.327. The standard InChI is InChI=1S/C28H31N7/c1-2-12-29-23(3-1)27-31-15-24(34-27)18-6-4-17(5-7-18)22-11-9-20(14-30-22)25-16-32-28(35-25)26-19-8-10-21(13-19)33-26/h4-7,9,11,14-16,19,21,23,26,29,33H,1-3,8,10,12-13H2,(H,31,34)(H,32,35). The maximum Gasteiger partial charge on any atom is 0.124 e. The van der Waals surface area contributed by atoms with E-state index in [1.165, 1.54) is 32.1 Å². The minimum atomic E-state index is 0.343. The van der Waals surface area contributed by atoms with Crippen LogP contribution in [0.4, 0.5) is 0 Å². The van der Waals surface area contributed by atoms with Crippen LogP contribution in [0.5, 0.6) is 0 Å². The number of imidazole rings is 2. The fourth-order valence-corrected chi connectivity index (χ4v) is 6.09. The maximum absolute atomic E-state index is 4.75. The van der Waals surface area contributed by atoms with E-state index >= 15 is 0 Å². The first-order chi connectivity index (χ1) is 17.3. The molecule has 7 rings (SSSR count). The molecule has 4 N–H and O–H groups in total. The molecular weight excluding hydrogens is 434 g/mol. The molecule has 3 aliphatic rings. The first-order valence-corrected chi connectivity index (χ1v) is 13.0. The first kappa shape index (κ1) is 21.0. The van der Waals surface area contributed by atoms with Crippen LogP contribution in [-0.4, -0.2) is 37.5 Å². The normalized spacial score (nSPS) is 25.8. The predicted molar refractivity (Wildman–Crippen MR) is 136 cm³/mol. The minimum Gasteiger partial charge on any atom is -0.341 e. The molecule has 3 fully saturated rings. The summed E-state index contributed by atoms with van der Waals surface area (Å²) < 4.78 is 0. The lowest BCUT2D eigenvalue weighted by atomic mass is 10.00. The van der Waals surface area contributed by atoms with Crippen LogP contribution in [-0.2, 0) is 0 Å². The number of aromatic nitrogens is 5. The summed E-state index contributed by atoms with van der Waals surface area (Å²) in [5, 5.41) is 7.28. The number of nitrogens with zero attached hydrogens (tertiary/aromatic N) is 3. The van der Waals surface area contributed by atoms with Crippen molar-refractivity contribution in [1.82, 2.24) is 35.6 Å². The number of rotatable bonds is 5. The molecule has 3 aromatic heterocycles. The Morgan fingerprint density at radius 3 is 2.17 bits per heavy atom. The van der Waals surface area contributed by atoms with E-state index in [1.54, 1.807) is 0 Å². The average Bonchev–Trinajstić information content (AvgIpc) is 3.74. The number of hydrogen-bond donors (Lipinski definition) is 4. The molecule has 2 aliphatic heterocycles. The number of aromatic amines is 2. The lowest BCUT2D eigenvalue weighted by Crippen LogP contribution is -2.29. The van der Waals surface area contributed by atoms with E-state index < -0.39 is 0 Å². The molecule has 2 bridgehead atoms. The van der Waals surface area contributed by atoms with Crippen molar-refractivity contribution in [3.63, 3.8) is 0 Å². The van der Waals surface area contributed by atoms with Gasteiger partial charge in [0.1, 0.15) is 11.6 Å². The fraction of sp³-hybridized carbons (Fsp3) is 0.393. The van der Waals surface area contributed by atoms with E-state index in [0.29, 0.717) is 18.1 Å². The Hall–Kier alpha value is -3.29. The van der Waals surface area contributed by atoms with Crippen molar-refractivity contribution in [2.75, 3.05) is 6.54 Å². The second kappa shape index (κ2) is 8.73. The van der Waals surface area contributed by atoms with Crippen molar-refractivity contribution in [2.24, 2.45) is 5.92 Å². The Labute approximate surface area is 205 Å². The molecule has 4 unspecified atom stereocenters. The summed E-state index contributed by atoms with van der Waals surface area (Å²) >= 11 is 0. The van der Waals surface area contributed by atoms with Gasteiger partial charge < -0.3 is 20.6 Å². The van der Waals surface area contributed by atoms with Crippen LogP contribution in [0.15, 0.2) is 55.0 Å². The van der Waals surface area contributed by atoms with Gasteiger partial charge in [-0.2, -0.15) is 0 Å². The van der Waals surface area contributed by atoms with Gasteiger partial charge in [-0.25, -0.2) is 9.97 Å². The highest BCUT2D eigenvalue weighted by Gasteiger charge is 2.41. The number of piperidine rings is 2. The molecule has 0 amide bonds. The van der Waals surface area contributed by atoms with Gasteiger partial charge in [-0.1, -0.05) is 30.7 Å². The zero-order valence-electron chi connectivity index (χ0n) is 19.8. The number of nitrogens with one attached hydrogen (secondary N) is 4. The van der Waals surface area contributed by atoms with Gasteiger partial charge >= 0.3 is 0 Å². The summed E-state index contributed by atoms with van der Waals surface area (Å²) in [6.45, 7) is 1.07. The smallest absolute Gasteiger partial charge is 0.124 e. The Kier molecular flexibility index (Phi) is 5.25. The monoisotopic (exact) mass is 465 g/mol. The molecule has 7 heteroatoms. The number of H-pyrrole nitrogens is 2. The van der Waals surface area contributed by atoms with Crippen LogP contribution < -0.4 is 10.6 Å². The highest BCUT2D eigenvalue weighted by Crippen LogP contribution is 2.42. The molecule has 2 saturated heterocycles. The summed E-state index contributed by atoms with van der Waals surface area (Å²) in [5.74, 6) is 2.83. The van der Waals surface area contributed by atoms with Gasteiger partial charge in [-0.05, 0) is 62.3 Å². The molecule has 4 aromatic rings. The van der Waals surface area contributed by atoms with Gasteiger partial charge in [0.15, 0.2) is 0 Å². The zero-order valence-corrected chi connectivity index (χ0v) is 19.8. The first-order valence-electron chi connectivity index (χ1n) is 13.0. The average molecular weight is 466 g/mol. The molecular formula is C28H31N7. The van der Waals surface area contributed by atoms with Crippen molar-refractivity contribution in [3.8, 4) is 33.8 Å². The number of fused-ring (bicyclic) bond motifs is 2. The SMILES string of the molecule is c1cc(-c2cnc(C3CCCCN3)[nH]2)ccc1-c1ccc(-c2cnc(C3NC4CCC3C4)[nH]2)cn1. The Balaban J connectivity index is 1.05. The van der Waals surface area contributed by atoms with Crippen LogP contribution in [0.1, 0.15) is 62.3 Å². The molecule has 0 radical (unpaired) electrons. The van der Waals surface area contributed by atoms with Crippen LogP contribution >= 0.6 is 0 Å². The van der Waals surface area contributed by atoms with Crippen molar-refractivity contribution >= 4 is 0 Å². The van der Waals surface area contributed by atoms with Crippen molar-refractivity contribution in [1.29, 1.82) is 0 Å². The van der Waals surface area contributed by atoms with Crippen molar-refractivity contribution < 1.29 is 0 Å². The molecule has 178 valence electrons. The molecule has 35 heavy (non-hydrogen) atoms. The maximum atomic E-state index is 4.75. The van der Waals surface area contributed by atoms with E-state index in [2.05, 4.69) is 67.0 Å². The molecule has 5 heterocycles. The van der Waals surface area contributed by atoms with Gasteiger partial charge in [0.25, 0.3) is 0 Å². The summed E-state index contributed by atoms with van der Waals surface area (Å²) in [6, 6.07) is 14.1. The summed E-state index contributed by atoms with van der Waals surface area (Å²) in [6.07, 6.45) is 13.4. The highest BCUT2D eigenvalue weighted by atomic mass is 15.1. The largest absolute Gasteiger partial charge is 0.341 e. The van der Waals surface area contributed by atoms with Crippen molar-refractivity contribution in [3.05, 3.63) is 66.6 Å². The fourth-order valence-electron chi connectivity index (χ4n) is 6.09. The molecule has 4 atom stereocenters. The number of benzene rings is 1. The topological polar surface area (TPSA) is 94.3 Å². The third kappa shape index (κ3) is 3.98. The van der Waals surface area contributed by atoms with Gasteiger partial charge in [0.2, 0.25) is 0 Å². The van der Waals surface area contributed by atoms with Gasteiger partial charge in [0.05, 0.1) is 41.6 Å². The van der Waals surface area contributed by atoms with Gasteiger partial charge in [0, 0.05) is 23.4 Å². The van der Waals surface area contributed by atoms with Crippen LogP contribution in [0.3, 0.4) is 0 Å². The summed E-state index contributed by atoms with van der Waals surface area (Å²) in [5.41, 5.74) is 6.36. The molecule has 1 saturated carbocycles. The lowest BCUT2D eigenvalue weighted by molar-refractivity contribution is 0.379. The van der Waals surface area contributed by atoms with E-state index in [0.717, 1.165) is 64.3 Å². The second-order valence-electron chi connectivity index (χ2n) is 10.3. The third-order valence-electron chi connectivity index (χ3n) is 8.05. The van der Waals surface area contributed by atoms with Gasteiger partial charge in [-0.3, -0.25) is 4.98 Å². The molecule has 7 nitrogen and oxygen atoms in total. The number of pyridine rings is 1. The van der Waals surface area contributed by atoms with E-state index in [1.807, 2.05) is 18.6 Å². The van der Waals surface area contributed by atoms with E-state index in [-0.39, 0.29) is 0 Å². The molecule has 1 aliphatic carbocycles. The zero-order chi connectivity index (χ0) is 23.2. The van der Waals surface area contributed by atoms with Crippen molar-refractivity contribution in [2.45, 2.75) is 56.7 Å². The van der Waals surface area contributed by atoms with Crippen LogP contribution in [0, 0.1) is 5.92 Å². The Bertz CT molecular complexity index is 1300. The van der Waals surface area contributed by atoms with E-state index in [4.69, 9.17) is 4.98 Å². The van der Waals surface area contributed by atoms with Crippen LogP contribution in [0.2, 0.25) is 0 Å². The third-order valence-corrected chi connectivity index (χ3v) is 8.05. The molecule has 1 aromatic carbocycles. The van der Waals surface area contributed by atoms with Crippen LogP contribution in [0.25, 0.3) is 33.8 Å². The summed E-state index contributed by atoms with van der Waals surface area (Å²) in [7, 11) is 0. The Morgan fingerprint density at radius 2 is 1.46 bits per heavy atom. The predicted octanol–water partition coefficient (Wildman–Crippen LogP) is 5.16. The minimum absolute atomic E-state index is 0.343. The second-order valence-corrected chi connectivity index (χ2v) is 10.3.